The molecule has 0 fully saturated rings. The highest BCUT2D eigenvalue weighted by atomic mass is 32.2. The van der Waals surface area contributed by atoms with E-state index in [0.29, 0.717) is 18.2 Å². The summed E-state index contributed by atoms with van der Waals surface area (Å²) >= 11 is 1.27. The van der Waals surface area contributed by atoms with Gasteiger partial charge in [-0.15, -0.1) is 5.10 Å². The number of hydrogen-bond acceptors (Lipinski definition) is 4. The van der Waals surface area contributed by atoms with Gasteiger partial charge in [-0.25, -0.2) is 9.89 Å². The number of rotatable bonds is 6. The molecule has 2 N–H and O–H groups in total. The zero-order chi connectivity index (χ0) is 15.2. The molecule has 21 heavy (non-hydrogen) atoms. The van der Waals surface area contributed by atoms with Crippen LogP contribution < -0.4 is 11.0 Å². The third-order valence-electron chi connectivity index (χ3n) is 2.91. The van der Waals surface area contributed by atoms with Crippen LogP contribution in [0.1, 0.15) is 19.4 Å². The number of nitrogens with one attached hydrogen (secondary N) is 2. The predicted octanol–water partition coefficient (Wildman–Crippen LogP) is 1.24. The van der Waals surface area contributed by atoms with E-state index >= 15 is 0 Å². The molecule has 1 unspecified atom stereocenters. The molecule has 0 bridgehead atoms. The number of H-pyrrole nitrogens is 1. The average Bonchev–Trinajstić information content (AvgIpc) is 2.81. The molecule has 1 heterocycles. The van der Waals surface area contributed by atoms with E-state index in [0.717, 1.165) is 5.56 Å². The molecule has 2 rings (SSSR count). The van der Waals surface area contributed by atoms with Gasteiger partial charge in [0, 0.05) is 6.54 Å². The molecular weight excluding hydrogens is 288 g/mol. The maximum atomic E-state index is 11.9. The number of hydrogen-bond donors (Lipinski definition) is 2. The van der Waals surface area contributed by atoms with Crippen LogP contribution in [0.4, 0.5) is 0 Å². The maximum Gasteiger partial charge on any atom is 0.344 e. The maximum absolute atomic E-state index is 11.9. The van der Waals surface area contributed by atoms with Crippen LogP contribution in [-0.2, 0) is 11.3 Å². The first-order chi connectivity index (χ1) is 10.1. The van der Waals surface area contributed by atoms with Gasteiger partial charge in [0.1, 0.15) is 0 Å². The summed E-state index contributed by atoms with van der Waals surface area (Å²) in [6, 6.07) is 9.66. The van der Waals surface area contributed by atoms with E-state index in [2.05, 4.69) is 15.5 Å². The lowest BCUT2D eigenvalue weighted by molar-refractivity contribution is -0.120. The molecule has 112 valence electrons. The lowest BCUT2D eigenvalue weighted by atomic mass is 10.2. The first kappa shape index (κ1) is 15.4. The van der Waals surface area contributed by atoms with Crippen molar-refractivity contribution in [1.29, 1.82) is 0 Å². The zero-order valence-corrected chi connectivity index (χ0v) is 12.8. The van der Waals surface area contributed by atoms with Crippen molar-refractivity contribution >= 4 is 17.7 Å². The standard InChI is InChI=1S/C14H18N4O2S/c1-3-15-12(19)10(2)21-14-17-16-13(20)18(14)9-11-7-5-4-6-8-11/h4-8,10H,3,9H2,1-2H3,(H,15,19)(H,16,20). The molecule has 1 aromatic carbocycles. The van der Waals surface area contributed by atoms with Gasteiger partial charge in [0.15, 0.2) is 5.16 Å². The van der Waals surface area contributed by atoms with Crippen LogP contribution in [0, 0.1) is 0 Å². The third kappa shape index (κ3) is 3.98. The fraction of sp³-hybridized carbons (Fsp3) is 0.357. The number of benzene rings is 1. The normalized spacial score (nSPS) is 12.1. The van der Waals surface area contributed by atoms with Gasteiger partial charge in [0.2, 0.25) is 5.91 Å². The summed E-state index contributed by atoms with van der Waals surface area (Å²) in [5.74, 6) is -0.0655. The van der Waals surface area contributed by atoms with Crippen LogP contribution in [0.5, 0.6) is 0 Å². The number of nitrogens with zero attached hydrogens (tertiary/aromatic N) is 2. The summed E-state index contributed by atoms with van der Waals surface area (Å²) in [6.07, 6.45) is 0. The van der Waals surface area contributed by atoms with Gasteiger partial charge in [0.05, 0.1) is 11.8 Å². The predicted molar refractivity (Wildman–Crippen MR) is 82.4 cm³/mol. The number of amides is 1. The highest BCUT2D eigenvalue weighted by Crippen LogP contribution is 2.20. The largest absolute Gasteiger partial charge is 0.355 e. The third-order valence-corrected chi connectivity index (χ3v) is 4.00. The molecule has 1 amide bonds. The topological polar surface area (TPSA) is 79.8 Å². The van der Waals surface area contributed by atoms with E-state index in [4.69, 9.17) is 0 Å². The van der Waals surface area contributed by atoms with Crippen molar-refractivity contribution in [2.75, 3.05) is 6.54 Å². The molecule has 0 saturated heterocycles. The van der Waals surface area contributed by atoms with Crippen LogP contribution in [0.3, 0.4) is 0 Å². The van der Waals surface area contributed by atoms with Crippen molar-refractivity contribution in [3.8, 4) is 0 Å². The van der Waals surface area contributed by atoms with Gasteiger partial charge >= 0.3 is 5.69 Å². The van der Waals surface area contributed by atoms with Crippen LogP contribution in [0.25, 0.3) is 0 Å². The van der Waals surface area contributed by atoms with Gasteiger partial charge in [-0.05, 0) is 19.4 Å². The highest BCUT2D eigenvalue weighted by molar-refractivity contribution is 8.00. The van der Waals surface area contributed by atoms with E-state index in [-0.39, 0.29) is 16.8 Å². The van der Waals surface area contributed by atoms with Crippen molar-refractivity contribution in [3.05, 3.63) is 46.4 Å². The van der Waals surface area contributed by atoms with Crippen molar-refractivity contribution < 1.29 is 4.79 Å². The van der Waals surface area contributed by atoms with E-state index in [1.807, 2.05) is 37.3 Å². The van der Waals surface area contributed by atoms with Crippen molar-refractivity contribution in [2.24, 2.45) is 0 Å². The Morgan fingerprint density at radius 1 is 1.43 bits per heavy atom. The Labute approximate surface area is 127 Å². The number of carbonyl (C=O) groups excluding carboxylic acids is 1. The lowest BCUT2D eigenvalue weighted by Gasteiger charge is -2.11. The highest BCUT2D eigenvalue weighted by Gasteiger charge is 2.18. The van der Waals surface area contributed by atoms with Crippen LogP contribution in [0.15, 0.2) is 40.3 Å². The Morgan fingerprint density at radius 3 is 2.81 bits per heavy atom. The Bertz CT molecular complexity index is 650. The van der Waals surface area contributed by atoms with Gasteiger partial charge in [-0.1, -0.05) is 42.1 Å². The van der Waals surface area contributed by atoms with Crippen molar-refractivity contribution in [1.82, 2.24) is 20.1 Å². The molecule has 0 aliphatic rings. The number of carbonyl (C=O) groups is 1. The monoisotopic (exact) mass is 306 g/mol. The number of aromatic amines is 1. The number of aromatic nitrogens is 3. The first-order valence-electron chi connectivity index (χ1n) is 6.75. The summed E-state index contributed by atoms with van der Waals surface area (Å²) in [7, 11) is 0. The minimum atomic E-state index is -0.310. The fourth-order valence-corrected chi connectivity index (χ4v) is 2.71. The molecule has 1 atom stereocenters. The van der Waals surface area contributed by atoms with Crippen molar-refractivity contribution in [3.63, 3.8) is 0 Å². The Balaban J connectivity index is 2.15. The summed E-state index contributed by atoms with van der Waals surface area (Å²) < 4.78 is 1.54. The summed E-state index contributed by atoms with van der Waals surface area (Å²) in [5, 5.41) is 9.40. The van der Waals surface area contributed by atoms with E-state index in [1.165, 1.54) is 16.3 Å². The molecular formula is C14H18N4O2S. The summed E-state index contributed by atoms with van der Waals surface area (Å²) in [5.41, 5.74) is 0.734. The van der Waals surface area contributed by atoms with E-state index < -0.39 is 0 Å². The average molecular weight is 306 g/mol. The molecule has 0 saturated carbocycles. The first-order valence-corrected chi connectivity index (χ1v) is 7.63. The van der Waals surface area contributed by atoms with Crippen LogP contribution in [0.2, 0.25) is 0 Å². The van der Waals surface area contributed by atoms with Gasteiger partial charge < -0.3 is 5.32 Å². The molecule has 0 radical (unpaired) electrons. The molecule has 2 aromatic rings. The van der Waals surface area contributed by atoms with Crippen molar-refractivity contribution in [2.45, 2.75) is 30.8 Å². The minimum absolute atomic E-state index is 0.0655. The van der Waals surface area contributed by atoms with Gasteiger partial charge in [-0.3, -0.25) is 9.36 Å². The minimum Gasteiger partial charge on any atom is -0.355 e. The second kappa shape index (κ2) is 7.12. The number of thioether (sulfide) groups is 1. The zero-order valence-electron chi connectivity index (χ0n) is 12.0. The lowest BCUT2D eigenvalue weighted by Crippen LogP contribution is -2.31. The van der Waals surface area contributed by atoms with E-state index in [9.17, 15) is 9.59 Å². The SMILES string of the molecule is CCNC(=O)C(C)Sc1n[nH]c(=O)n1Cc1ccccc1. The molecule has 6 nitrogen and oxygen atoms in total. The smallest absolute Gasteiger partial charge is 0.344 e. The van der Waals surface area contributed by atoms with Crippen LogP contribution in [-0.4, -0.2) is 32.5 Å². The Hall–Kier alpha value is -2.02. The summed E-state index contributed by atoms with van der Waals surface area (Å²) in [6.45, 7) is 4.68. The Morgan fingerprint density at radius 2 is 2.14 bits per heavy atom. The molecule has 7 heteroatoms. The second-order valence-corrected chi connectivity index (χ2v) is 5.85. The van der Waals surface area contributed by atoms with Gasteiger partial charge in [0.25, 0.3) is 0 Å². The second-order valence-electron chi connectivity index (χ2n) is 4.54. The molecule has 1 aromatic heterocycles. The van der Waals surface area contributed by atoms with E-state index in [1.54, 1.807) is 6.92 Å². The molecule has 0 aliphatic heterocycles. The molecule has 0 aliphatic carbocycles. The molecule has 0 spiro atoms. The van der Waals surface area contributed by atoms with Crippen LogP contribution >= 0.6 is 11.8 Å². The summed E-state index contributed by atoms with van der Waals surface area (Å²) in [4.78, 5) is 23.6. The quantitative estimate of drug-likeness (QED) is 0.787. The Kier molecular flexibility index (Phi) is 5.21. The fourth-order valence-electron chi connectivity index (χ4n) is 1.83. The van der Waals surface area contributed by atoms with Gasteiger partial charge in [-0.2, -0.15) is 0 Å².